The summed E-state index contributed by atoms with van der Waals surface area (Å²) in [5, 5.41) is 8.66. The fourth-order valence-electron chi connectivity index (χ4n) is 2.41. The molecule has 0 radical (unpaired) electrons. The molecule has 0 aliphatic carbocycles. The van der Waals surface area contributed by atoms with E-state index >= 15 is 0 Å². The molecule has 2 aromatic rings. The van der Waals surface area contributed by atoms with Crippen molar-refractivity contribution >= 4 is 40.7 Å². The molecule has 0 unspecified atom stereocenters. The quantitative estimate of drug-likeness (QED) is 0.487. The van der Waals surface area contributed by atoms with Crippen molar-refractivity contribution in [2.45, 2.75) is 0 Å². The molecule has 0 aromatic heterocycles. The predicted octanol–water partition coefficient (Wildman–Crippen LogP) is 3.60. The topological polar surface area (TPSA) is 107 Å². The largest absolute Gasteiger partial charge is 0.495 e. The Labute approximate surface area is 179 Å². The maximum absolute atomic E-state index is 12.3. The van der Waals surface area contributed by atoms with E-state index in [-0.39, 0.29) is 19.1 Å². The maximum atomic E-state index is 12.3. The SMILES string of the molecule is COCCOC(=O)Nc1cccc(NCC(=O)Nc2cc(Cl)c(OC)cc2OC)c1. The summed E-state index contributed by atoms with van der Waals surface area (Å²) in [6.45, 7) is 0.447. The van der Waals surface area contributed by atoms with Crippen LogP contribution in [-0.2, 0) is 14.3 Å². The van der Waals surface area contributed by atoms with Gasteiger partial charge in [-0.25, -0.2) is 4.79 Å². The number of rotatable bonds is 10. The summed E-state index contributed by atoms with van der Waals surface area (Å²) in [5.41, 5.74) is 1.58. The van der Waals surface area contributed by atoms with E-state index in [1.807, 2.05) is 0 Å². The number of carbonyl (C=O) groups is 2. The summed E-state index contributed by atoms with van der Waals surface area (Å²) < 4.78 is 20.2. The molecule has 9 nitrogen and oxygen atoms in total. The van der Waals surface area contributed by atoms with Crippen LogP contribution in [0.1, 0.15) is 0 Å². The Hall–Kier alpha value is -3.17. The minimum atomic E-state index is -0.592. The lowest BCUT2D eigenvalue weighted by Gasteiger charge is -2.14. The first kappa shape index (κ1) is 23.1. The third-order valence-corrected chi connectivity index (χ3v) is 4.13. The molecule has 162 valence electrons. The van der Waals surface area contributed by atoms with Crippen LogP contribution in [0.5, 0.6) is 11.5 Å². The van der Waals surface area contributed by atoms with Crippen LogP contribution in [0, 0.1) is 0 Å². The average Bonchev–Trinajstić information content (AvgIpc) is 2.73. The molecule has 3 N–H and O–H groups in total. The number of anilines is 3. The predicted molar refractivity (Wildman–Crippen MR) is 115 cm³/mol. The molecule has 0 bridgehead atoms. The van der Waals surface area contributed by atoms with E-state index in [4.69, 9.17) is 30.5 Å². The van der Waals surface area contributed by atoms with Crippen molar-refractivity contribution in [3.05, 3.63) is 41.4 Å². The first-order valence-corrected chi connectivity index (χ1v) is 9.32. The normalized spacial score (nSPS) is 10.1. The molecule has 30 heavy (non-hydrogen) atoms. The van der Waals surface area contributed by atoms with Gasteiger partial charge >= 0.3 is 6.09 Å². The Morgan fingerprint density at radius 1 is 0.933 bits per heavy atom. The van der Waals surface area contributed by atoms with E-state index in [2.05, 4.69) is 16.0 Å². The van der Waals surface area contributed by atoms with Gasteiger partial charge in [-0.15, -0.1) is 0 Å². The smallest absolute Gasteiger partial charge is 0.411 e. The number of benzene rings is 2. The van der Waals surface area contributed by atoms with Gasteiger partial charge in [0.25, 0.3) is 0 Å². The van der Waals surface area contributed by atoms with Gasteiger partial charge in [-0.3, -0.25) is 10.1 Å². The first-order valence-electron chi connectivity index (χ1n) is 8.94. The molecule has 0 heterocycles. The minimum absolute atomic E-state index is 0.0193. The molecule has 0 aliphatic rings. The molecule has 0 saturated carbocycles. The lowest BCUT2D eigenvalue weighted by molar-refractivity contribution is -0.114. The fourth-order valence-corrected chi connectivity index (χ4v) is 2.65. The average molecular weight is 438 g/mol. The van der Waals surface area contributed by atoms with Crippen LogP contribution in [0.25, 0.3) is 0 Å². The minimum Gasteiger partial charge on any atom is -0.495 e. The summed E-state index contributed by atoms with van der Waals surface area (Å²) >= 11 is 6.11. The summed E-state index contributed by atoms with van der Waals surface area (Å²) in [4.78, 5) is 24.0. The monoisotopic (exact) mass is 437 g/mol. The Balaban J connectivity index is 1.92. The van der Waals surface area contributed by atoms with Crippen molar-refractivity contribution in [2.75, 3.05) is 57.0 Å². The number of carbonyl (C=O) groups excluding carboxylic acids is 2. The standard InChI is InChI=1S/C20H24ClN3O6/c1-27-7-8-30-20(26)23-14-6-4-5-13(9-14)22-12-19(25)24-16-10-15(21)17(28-2)11-18(16)29-3/h4-6,9-11,22H,7-8,12H2,1-3H3,(H,23,26)(H,24,25). The van der Waals surface area contributed by atoms with Gasteiger partial charge in [-0.2, -0.15) is 0 Å². The summed E-state index contributed by atoms with van der Waals surface area (Å²) in [5.74, 6) is 0.546. The number of hydrogen-bond donors (Lipinski definition) is 3. The number of methoxy groups -OCH3 is 3. The van der Waals surface area contributed by atoms with E-state index < -0.39 is 6.09 Å². The number of ether oxygens (including phenoxy) is 4. The Morgan fingerprint density at radius 2 is 1.67 bits per heavy atom. The van der Waals surface area contributed by atoms with Crippen molar-refractivity contribution in [3.63, 3.8) is 0 Å². The number of amides is 2. The first-order chi connectivity index (χ1) is 14.5. The van der Waals surface area contributed by atoms with Gasteiger partial charge in [-0.1, -0.05) is 17.7 Å². The molecule has 2 aromatic carbocycles. The fraction of sp³-hybridized carbons (Fsp3) is 0.300. The number of halogens is 1. The van der Waals surface area contributed by atoms with Crippen LogP contribution in [0.4, 0.5) is 21.9 Å². The van der Waals surface area contributed by atoms with E-state index in [9.17, 15) is 9.59 Å². The second-order valence-electron chi connectivity index (χ2n) is 5.92. The van der Waals surface area contributed by atoms with E-state index in [0.29, 0.717) is 40.2 Å². The van der Waals surface area contributed by atoms with Gasteiger partial charge < -0.3 is 29.6 Å². The zero-order valence-corrected chi connectivity index (χ0v) is 17.7. The highest BCUT2D eigenvalue weighted by molar-refractivity contribution is 6.32. The van der Waals surface area contributed by atoms with Gasteiger partial charge in [0, 0.05) is 24.6 Å². The third-order valence-electron chi connectivity index (χ3n) is 3.83. The van der Waals surface area contributed by atoms with Crippen LogP contribution >= 0.6 is 11.6 Å². The Bertz CT molecular complexity index is 878. The molecular formula is C20H24ClN3O6. The van der Waals surface area contributed by atoms with Crippen LogP contribution in [-0.4, -0.2) is 53.1 Å². The molecule has 10 heteroatoms. The number of nitrogens with one attached hydrogen (secondary N) is 3. The van der Waals surface area contributed by atoms with Crippen LogP contribution in [0.3, 0.4) is 0 Å². The Morgan fingerprint density at radius 3 is 2.37 bits per heavy atom. The zero-order valence-electron chi connectivity index (χ0n) is 16.9. The summed E-state index contributed by atoms with van der Waals surface area (Å²) in [7, 11) is 4.49. The van der Waals surface area contributed by atoms with Crippen molar-refractivity contribution in [1.82, 2.24) is 0 Å². The van der Waals surface area contributed by atoms with Gasteiger partial charge in [0.05, 0.1) is 38.1 Å². The van der Waals surface area contributed by atoms with E-state index in [0.717, 1.165) is 0 Å². The van der Waals surface area contributed by atoms with Gasteiger partial charge in [0.1, 0.15) is 18.1 Å². The highest BCUT2D eigenvalue weighted by Crippen LogP contribution is 2.35. The molecule has 0 spiro atoms. The molecule has 2 amide bonds. The molecule has 0 saturated heterocycles. The van der Waals surface area contributed by atoms with E-state index in [1.165, 1.54) is 21.3 Å². The third kappa shape index (κ3) is 7.02. The molecule has 2 rings (SSSR count). The molecule has 0 aliphatic heterocycles. The lowest BCUT2D eigenvalue weighted by Crippen LogP contribution is -2.22. The highest BCUT2D eigenvalue weighted by atomic mass is 35.5. The van der Waals surface area contributed by atoms with Gasteiger partial charge in [0.15, 0.2) is 0 Å². The maximum Gasteiger partial charge on any atom is 0.411 e. The van der Waals surface area contributed by atoms with Crippen molar-refractivity contribution in [3.8, 4) is 11.5 Å². The number of hydrogen-bond acceptors (Lipinski definition) is 7. The molecule has 0 fully saturated rings. The summed E-state index contributed by atoms with van der Waals surface area (Å²) in [6, 6.07) is 10.0. The van der Waals surface area contributed by atoms with Crippen molar-refractivity contribution < 1.29 is 28.5 Å². The van der Waals surface area contributed by atoms with Crippen LogP contribution in [0.15, 0.2) is 36.4 Å². The summed E-state index contributed by atoms with van der Waals surface area (Å²) in [6.07, 6.45) is -0.592. The molecule has 0 atom stereocenters. The van der Waals surface area contributed by atoms with Gasteiger partial charge in [0.2, 0.25) is 5.91 Å². The zero-order chi connectivity index (χ0) is 21.9. The highest BCUT2D eigenvalue weighted by Gasteiger charge is 2.12. The molecular weight excluding hydrogens is 414 g/mol. The lowest BCUT2D eigenvalue weighted by atomic mass is 10.2. The Kier molecular flexibility index (Phi) is 9.04. The van der Waals surface area contributed by atoms with E-state index in [1.54, 1.807) is 36.4 Å². The van der Waals surface area contributed by atoms with Gasteiger partial charge in [-0.05, 0) is 24.3 Å². The van der Waals surface area contributed by atoms with Crippen molar-refractivity contribution in [2.24, 2.45) is 0 Å². The van der Waals surface area contributed by atoms with Crippen molar-refractivity contribution in [1.29, 1.82) is 0 Å². The van der Waals surface area contributed by atoms with Crippen LogP contribution in [0.2, 0.25) is 5.02 Å². The second kappa shape index (κ2) is 11.7. The second-order valence-corrected chi connectivity index (χ2v) is 6.33. The van der Waals surface area contributed by atoms with Crippen LogP contribution < -0.4 is 25.4 Å².